The molecule has 1 atom stereocenters. The monoisotopic (exact) mass is 321 g/mol. The Morgan fingerprint density at radius 2 is 1.71 bits per heavy atom. The molecule has 1 saturated heterocycles. The Balaban J connectivity index is 1.41. The van der Waals surface area contributed by atoms with Crippen LogP contribution in [0.2, 0.25) is 0 Å². The molecule has 0 amide bonds. The van der Waals surface area contributed by atoms with Crippen LogP contribution in [-0.4, -0.2) is 32.2 Å². The lowest BCUT2D eigenvalue weighted by Gasteiger charge is -2.39. The predicted molar refractivity (Wildman–Crippen MR) is 101 cm³/mol. The number of aryl methyl sites for hydroxylation is 3. The van der Waals surface area contributed by atoms with Gasteiger partial charge in [-0.3, -0.25) is 0 Å². The van der Waals surface area contributed by atoms with E-state index in [1.165, 1.54) is 62.3 Å². The van der Waals surface area contributed by atoms with E-state index in [-0.39, 0.29) is 0 Å². The molecule has 2 nitrogen and oxygen atoms in total. The van der Waals surface area contributed by atoms with Gasteiger partial charge in [-0.15, -0.1) is 0 Å². The molecule has 2 heteroatoms. The Morgan fingerprint density at radius 3 is 2.50 bits per heavy atom. The molecular weight excluding hydrogens is 292 g/mol. The van der Waals surface area contributed by atoms with Gasteiger partial charge in [0, 0.05) is 18.5 Å². The normalized spacial score (nSPS) is 21.6. The molecular formula is C22H29N2+. The second-order valence-corrected chi connectivity index (χ2v) is 7.64. The number of nitrogens with zero attached hydrogens (tertiary/aromatic N) is 1. The Bertz CT molecular complexity index is 714. The van der Waals surface area contributed by atoms with Gasteiger partial charge < -0.3 is 9.80 Å². The lowest BCUT2D eigenvalue weighted by atomic mass is 9.87. The molecule has 2 aromatic rings. The molecule has 126 valence electrons. The highest BCUT2D eigenvalue weighted by molar-refractivity contribution is 5.55. The Labute approximate surface area is 146 Å². The van der Waals surface area contributed by atoms with Crippen LogP contribution in [0, 0.1) is 13.8 Å². The van der Waals surface area contributed by atoms with Crippen LogP contribution >= 0.6 is 0 Å². The zero-order valence-corrected chi connectivity index (χ0v) is 15.0. The van der Waals surface area contributed by atoms with Crippen LogP contribution in [0.3, 0.4) is 0 Å². The third-order valence-corrected chi connectivity index (χ3v) is 6.04. The summed E-state index contributed by atoms with van der Waals surface area (Å²) in [6, 6.07) is 16.7. The number of rotatable bonds is 2. The highest BCUT2D eigenvalue weighted by Gasteiger charge is 2.30. The van der Waals surface area contributed by atoms with E-state index in [0.717, 1.165) is 6.04 Å². The van der Waals surface area contributed by atoms with Crippen LogP contribution in [0.5, 0.6) is 0 Å². The topological polar surface area (TPSA) is 7.68 Å². The maximum atomic E-state index is 2.60. The number of piperazine rings is 1. The summed E-state index contributed by atoms with van der Waals surface area (Å²) in [4.78, 5) is 4.42. The van der Waals surface area contributed by atoms with Gasteiger partial charge >= 0.3 is 0 Å². The van der Waals surface area contributed by atoms with Gasteiger partial charge in [-0.05, 0) is 48.6 Å². The first-order chi connectivity index (χ1) is 11.7. The Hall–Kier alpha value is -1.80. The number of quaternary nitrogens is 1. The van der Waals surface area contributed by atoms with Gasteiger partial charge in [0.2, 0.25) is 0 Å². The van der Waals surface area contributed by atoms with Gasteiger partial charge in [-0.25, -0.2) is 0 Å². The molecule has 0 unspecified atom stereocenters. The second kappa shape index (κ2) is 6.60. The third kappa shape index (κ3) is 3.08. The Morgan fingerprint density at radius 1 is 0.958 bits per heavy atom. The van der Waals surface area contributed by atoms with E-state index in [2.05, 4.69) is 61.2 Å². The van der Waals surface area contributed by atoms with Crippen molar-refractivity contribution in [1.82, 2.24) is 0 Å². The van der Waals surface area contributed by atoms with Crippen LogP contribution in [0.1, 0.15) is 28.7 Å². The van der Waals surface area contributed by atoms with Crippen molar-refractivity contribution in [3.63, 3.8) is 0 Å². The molecule has 1 aliphatic heterocycles. The maximum absolute atomic E-state index is 2.60. The van der Waals surface area contributed by atoms with Gasteiger partial charge in [-0.2, -0.15) is 0 Å². The molecule has 0 aromatic heterocycles. The summed E-state index contributed by atoms with van der Waals surface area (Å²) >= 11 is 0. The van der Waals surface area contributed by atoms with Crippen molar-refractivity contribution in [3.8, 4) is 0 Å². The smallest absolute Gasteiger partial charge is 0.0951 e. The van der Waals surface area contributed by atoms with Crippen LogP contribution in [0.25, 0.3) is 0 Å². The summed E-state index contributed by atoms with van der Waals surface area (Å²) in [6.45, 7) is 9.38. The van der Waals surface area contributed by atoms with Crippen molar-refractivity contribution in [1.29, 1.82) is 0 Å². The fourth-order valence-electron chi connectivity index (χ4n) is 4.55. The maximum Gasteiger partial charge on any atom is 0.0951 e. The quantitative estimate of drug-likeness (QED) is 0.893. The van der Waals surface area contributed by atoms with Crippen molar-refractivity contribution in [2.45, 2.75) is 39.2 Å². The largest absolute Gasteiger partial charge is 0.360 e. The van der Waals surface area contributed by atoms with E-state index in [9.17, 15) is 0 Å². The highest BCUT2D eigenvalue weighted by Crippen LogP contribution is 2.22. The fourth-order valence-corrected chi connectivity index (χ4v) is 4.55. The number of nitrogens with one attached hydrogen (secondary N) is 1. The second-order valence-electron chi connectivity index (χ2n) is 7.64. The Kier molecular flexibility index (Phi) is 4.32. The number of hydrogen-bond donors (Lipinski definition) is 1. The standard InChI is InChI=1S/C22H28N2/c1-17-7-8-18(2)22(15-17)24-13-11-23(12-14-24)21-10-9-19-5-3-4-6-20(19)16-21/h3-8,15,21H,9-14,16H2,1-2H3/p+1/t21-/m0/s1. The minimum atomic E-state index is 0.820. The van der Waals surface area contributed by atoms with Crippen molar-refractivity contribution < 1.29 is 4.90 Å². The van der Waals surface area contributed by atoms with Crippen LogP contribution in [0.4, 0.5) is 5.69 Å². The average Bonchev–Trinajstić information content (AvgIpc) is 2.63. The first-order valence-corrected chi connectivity index (χ1v) is 9.44. The van der Waals surface area contributed by atoms with E-state index >= 15 is 0 Å². The highest BCUT2D eigenvalue weighted by atomic mass is 15.3. The van der Waals surface area contributed by atoms with Crippen LogP contribution in [0.15, 0.2) is 42.5 Å². The van der Waals surface area contributed by atoms with E-state index in [4.69, 9.17) is 0 Å². The summed E-state index contributed by atoms with van der Waals surface area (Å²) in [5.41, 5.74) is 7.41. The summed E-state index contributed by atoms with van der Waals surface area (Å²) in [5.74, 6) is 0. The molecule has 1 fully saturated rings. The van der Waals surface area contributed by atoms with E-state index in [1.807, 2.05) is 4.90 Å². The molecule has 1 aliphatic carbocycles. The van der Waals surface area contributed by atoms with E-state index < -0.39 is 0 Å². The average molecular weight is 321 g/mol. The first-order valence-electron chi connectivity index (χ1n) is 9.44. The van der Waals surface area contributed by atoms with E-state index in [1.54, 1.807) is 11.1 Å². The molecule has 1 heterocycles. The number of anilines is 1. The molecule has 0 bridgehead atoms. The van der Waals surface area contributed by atoms with Crippen LogP contribution in [-0.2, 0) is 12.8 Å². The molecule has 4 rings (SSSR count). The predicted octanol–water partition coefficient (Wildman–Crippen LogP) is 2.57. The van der Waals surface area contributed by atoms with Gasteiger partial charge in [-0.1, -0.05) is 36.4 Å². The van der Waals surface area contributed by atoms with Gasteiger partial charge in [0.15, 0.2) is 0 Å². The molecule has 0 saturated carbocycles. The summed E-state index contributed by atoms with van der Waals surface area (Å²) in [6.07, 6.45) is 3.90. The third-order valence-electron chi connectivity index (χ3n) is 6.04. The number of fused-ring (bicyclic) bond motifs is 1. The number of hydrogen-bond acceptors (Lipinski definition) is 1. The number of benzene rings is 2. The molecule has 0 radical (unpaired) electrons. The van der Waals surface area contributed by atoms with Crippen molar-refractivity contribution in [2.75, 3.05) is 31.1 Å². The molecule has 2 aliphatic rings. The zero-order chi connectivity index (χ0) is 16.5. The minimum Gasteiger partial charge on any atom is -0.360 e. The minimum absolute atomic E-state index is 0.820. The molecule has 2 aromatic carbocycles. The zero-order valence-electron chi connectivity index (χ0n) is 15.0. The summed E-state index contributed by atoms with van der Waals surface area (Å²) < 4.78 is 0. The SMILES string of the molecule is Cc1ccc(C)c(N2CC[NH+]([C@H]3CCc4ccccc4C3)CC2)c1. The van der Waals surface area contributed by atoms with Crippen molar-refractivity contribution in [3.05, 3.63) is 64.7 Å². The van der Waals surface area contributed by atoms with Crippen molar-refractivity contribution in [2.24, 2.45) is 0 Å². The van der Waals surface area contributed by atoms with E-state index in [0.29, 0.717) is 0 Å². The van der Waals surface area contributed by atoms with Crippen LogP contribution < -0.4 is 9.80 Å². The lowest BCUT2D eigenvalue weighted by Crippen LogP contribution is -3.18. The van der Waals surface area contributed by atoms with Gasteiger partial charge in [0.1, 0.15) is 0 Å². The lowest BCUT2D eigenvalue weighted by molar-refractivity contribution is -0.926. The van der Waals surface area contributed by atoms with Crippen molar-refractivity contribution >= 4 is 5.69 Å². The molecule has 0 spiro atoms. The fraction of sp³-hybridized carbons (Fsp3) is 0.455. The first kappa shape index (κ1) is 15.7. The van der Waals surface area contributed by atoms with Gasteiger partial charge in [0.25, 0.3) is 0 Å². The molecule has 24 heavy (non-hydrogen) atoms. The molecule has 1 N–H and O–H groups in total. The van der Waals surface area contributed by atoms with Gasteiger partial charge in [0.05, 0.1) is 32.2 Å². The summed E-state index contributed by atoms with van der Waals surface area (Å²) in [7, 11) is 0. The summed E-state index contributed by atoms with van der Waals surface area (Å²) in [5, 5.41) is 0.